The van der Waals surface area contributed by atoms with Crippen molar-refractivity contribution in [2.75, 3.05) is 11.9 Å². The number of ether oxygens (including phenoxy) is 2. The van der Waals surface area contributed by atoms with Gasteiger partial charge in [-0.15, -0.1) is 0 Å². The lowest BCUT2D eigenvalue weighted by Gasteiger charge is -2.12. The van der Waals surface area contributed by atoms with E-state index >= 15 is 0 Å². The third kappa shape index (κ3) is 7.32. The summed E-state index contributed by atoms with van der Waals surface area (Å²) in [5.41, 5.74) is 2.29. The van der Waals surface area contributed by atoms with Crippen LogP contribution >= 0.6 is 54.5 Å². The minimum absolute atomic E-state index is 0.0111. The van der Waals surface area contributed by atoms with E-state index in [1.54, 1.807) is 30.3 Å². The molecule has 0 bridgehead atoms. The Morgan fingerprint density at radius 1 is 1.12 bits per heavy atom. The zero-order valence-corrected chi connectivity index (χ0v) is 22.9. The molecule has 0 heterocycles. The molecular formula is C25H19Br2IN2O3. The molecule has 0 spiro atoms. The highest BCUT2D eigenvalue weighted by Crippen LogP contribution is 2.33. The van der Waals surface area contributed by atoms with E-state index < -0.39 is 5.91 Å². The number of benzene rings is 3. The average Bonchev–Trinajstić information content (AvgIpc) is 2.78. The van der Waals surface area contributed by atoms with Crippen molar-refractivity contribution in [1.82, 2.24) is 0 Å². The first kappa shape index (κ1) is 25.3. The Kier molecular flexibility index (Phi) is 9.35. The molecule has 0 aliphatic rings. The molecule has 0 aliphatic carbocycles. The topological polar surface area (TPSA) is 71.3 Å². The van der Waals surface area contributed by atoms with Gasteiger partial charge in [0.25, 0.3) is 5.91 Å². The van der Waals surface area contributed by atoms with Crippen molar-refractivity contribution in [3.8, 4) is 17.6 Å². The lowest BCUT2D eigenvalue weighted by Crippen LogP contribution is -2.13. The first-order valence-corrected chi connectivity index (χ1v) is 12.6. The van der Waals surface area contributed by atoms with E-state index in [-0.39, 0.29) is 5.57 Å². The van der Waals surface area contributed by atoms with Gasteiger partial charge >= 0.3 is 0 Å². The SMILES string of the molecule is CCOc1cccc(NC(=O)/C(C#N)=C\c2cc(Br)c(OCc3ccc(Br)cc3)c(I)c2)c1. The van der Waals surface area contributed by atoms with E-state index in [4.69, 9.17) is 9.47 Å². The first-order chi connectivity index (χ1) is 15.9. The second-order valence-electron chi connectivity index (χ2n) is 6.81. The number of halogens is 3. The zero-order chi connectivity index (χ0) is 23.8. The Bertz CT molecular complexity index is 1200. The summed E-state index contributed by atoms with van der Waals surface area (Å²) in [5.74, 6) is 0.856. The lowest BCUT2D eigenvalue weighted by atomic mass is 10.1. The fourth-order valence-corrected chi connectivity index (χ4v) is 4.91. The van der Waals surface area contributed by atoms with Gasteiger partial charge < -0.3 is 14.8 Å². The van der Waals surface area contributed by atoms with Gasteiger partial charge in [0.05, 0.1) is 14.6 Å². The monoisotopic (exact) mass is 680 g/mol. The lowest BCUT2D eigenvalue weighted by molar-refractivity contribution is -0.112. The molecule has 0 unspecified atom stereocenters. The van der Waals surface area contributed by atoms with Crippen LogP contribution in [0, 0.1) is 14.9 Å². The van der Waals surface area contributed by atoms with E-state index in [2.05, 4.69) is 59.8 Å². The van der Waals surface area contributed by atoms with Gasteiger partial charge in [0.15, 0.2) is 0 Å². The summed E-state index contributed by atoms with van der Waals surface area (Å²) in [6, 6.07) is 20.6. The fourth-order valence-electron chi connectivity index (χ4n) is 2.88. The third-order valence-corrected chi connectivity index (χ3v) is 6.32. The summed E-state index contributed by atoms with van der Waals surface area (Å²) in [6.45, 7) is 2.83. The Balaban J connectivity index is 1.75. The summed E-state index contributed by atoms with van der Waals surface area (Å²) in [5, 5.41) is 12.3. The van der Waals surface area contributed by atoms with Crippen LogP contribution in [0.25, 0.3) is 6.08 Å². The predicted molar refractivity (Wildman–Crippen MR) is 145 cm³/mol. The van der Waals surface area contributed by atoms with Gasteiger partial charge in [-0.1, -0.05) is 34.1 Å². The van der Waals surface area contributed by atoms with Gasteiger partial charge in [0, 0.05) is 16.2 Å². The number of anilines is 1. The van der Waals surface area contributed by atoms with E-state index in [0.717, 1.165) is 18.1 Å². The number of nitrogens with zero attached hydrogens (tertiary/aromatic N) is 1. The van der Waals surface area contributed by atoms with Crippen LogP contribution in [0.1, 0.15) is 18.1 Å². The van der Waals surface area contributed by atoms with E-state index in [1.807, 2.05) is 49.4 Å². The maximum Gasteiger partial charge on any atom is 0.266 e. The van der Waals surface area contributed by atoms with Crippen LogP contribution in [0.2, 0.25) is 0 Å². The normalized spacial score (nSPS) is 10.9. The minimum atomic E-state index is -0.493. The Hall–Kier alpha value is -2.35. The molecule has 33 heavy (non-hydrogen) atoms. The molecular weight excluding hydrogens is 663 g/mol. The van der Waals surface area contributed by atoms with Gasteiger partial charge in [-0.25, -0.2) is 0 Å². The van der Waals surface area contributed by atoms with Crippen molar-refractivity contribution >= 4 is 72.1 Å². The summed E-state index contributed by atoms with van der Waals surface area (Å²) in [4.78, 5) is 12.7. The molecule has 0 aliphatic heterocycles. The highest BCUT2D eigenvalue weighted by Gasteiger charge is 2.13. The van der Waals surface area contributed by atoms with Crippen molar-refractivity contribution in [2.45, 2.75) is 13.5 Å². The number of carbonyl (C=O) groups excluding carboxylic acids is 1. The molecule has 1 N–H and O–H groups in total. The van der Waals surface area contributed by atoms with Gasteiger partial charge in [-0.2, -0.15) is 5.26 Å². The van der Waals surface area contributed by atoms with Crippen molar-refractivity contribution < 1.29 is 14.3 Å². The Labute approximate surface area is 223 Å². The van der Waals surface area contributed by atoms with E-state index in [0.29, 0.717) is 36.0 Å². The largest absolute Gasteiger partial charge is 0.494 e. The first-order valence-electron chi connectivity index (χ1n) is 9.92. The summed E-state index contributed by atoms with van der Waals surface area (Å²) >= 11 is 9.15. The standard InChI is InChI=1S/C25H19Br2IN2O3/c1-2-32-21-5-3-4-20(13-21)30-25(31)18(14-29)10-17-11-22(27)24(23(28)12-17)33-15-16-6-8-19(26)9-7-16/h3-13H,2,15H2,1H3,(H,30,31)/b18-10-. The number of hydrogen-bond donors (Lipinski definition) is 1. The molecule has 0 atom stereocenters. The van der Waals surface area contributed by atoms with Crippen molar-refractivity contribution in [1.29, 1.82) is 5.26 Å². The van der Waals surface area contributed by atoms with Crippen LogP contribution in [-0.2, 0) is 11.4 Å². The van der Waals surface area contributed by atoms with Crippen molar-refractivity contribution in [3.63, 3.8) is 0 Å². The number of carbonyl (C=O) groups is 1. The maximum absolute atomic E-state index is 12.7. The zero-order valence-electron chi connectivity index (χ0n) is 17.6. The minimum Gasteiger partial charge on any atom is -0.494 e. The van der Waals surface area contributed by atoms with Crippen molar-refractivity contribution in [3.05, 3.63) is 89.9 Å². The number of nitriles is 1. The molecule has 168 valence electrons. The van der Waals surface area contributed by atoms with Crippen LogP contribution in [0.15, 0.2) is 75.2 Å². The van der Waals surface area contributed by atoms with Gasteiger partial charge in [0.2, 0.25) is 0 Å². The van der Waals surface area contributed by atoms with Crippen LogP contribution in [0.5, 0.6) is 11.5 Å². The summed E-state index contributed by atoms with van der Waals surface area (Å²) in [6.07, 6.45) is 1.55. The van der Waals surface area contributed by atoms with Crippen LogP contribution < -0.4 is 14.8 Å². The molecule has 3 aromatic rings. The highest BCUT2D eigenvalue weighted by atomic mass is 127. The van der Waals surface area contributed by atoms with Gasteiger partial charge in [0.1, 0.15) is 29.7 Å². The van der Waals surface area contributed by atoms with E-state index in [9.17, 15) is 10.1 Å². The Morgan fingerprint density at radius 3 is 2.55 bits per heavy atom. The molecule has 3 aromatic carbocycles. The van der Waals surface area contributed by atoms with E-state index in [1.165, 1.54) is 0 Å². The number of rotatable bonds is 8. The maximum atomic E-state index is 12.7. The second-order valence-corrected chi connectivity index (χ2v) is 9.75. The molecule has 3 rings (SSSR count). The quantitative estimate of drug-likeness (QED) is 0.154. The van der Waals surface area contributed by atoms with Crippen LogP contribution in [0.4, 0.5) is 5.69 Å². The average molecular weight is 682 g/mol. The fraction of sp³-hybridized carbons (Fsp3) is 0.120. The molecule has 8 heteroatoms. The third-order valence-electron chi connectivity index (χ3n) is 4.40. The molecule has 0 aromatic heterocycles. The number of nitrogens with one attached hydrogen (secondary N) is 1. The molecule has 0 fully saturated rings. The molecule has 0 saturated heterocycles. The van der Waals surface area contributed by atoms with Crippen molar-refractivity contribution in [2.24, 2.45) is 0 Å². The van der Waals surface area contributed by atoms with Crippen LogP contribution in [0.3, 0.4) is 0 Å². The van der Waals surface area contributed by atoms with Crippen LogP contribution in [-0.4, -0.2) is 12.5 Å². The number of hydrogen-bond acceptors (Lipinski definition) is 4. The second kappa shape index (κ2) is 12.2. The highest BCUT2D eigenvalue weighted by molar-refractivity contribution is 14.1. The van der Waals surface area contributed by atoms with Gasteiger partial charge in [-0.3, -0.25) is 4.79 Å². The molecule has 5 nitrogen and oxygen atoms in total. The summed E-state index contributed by atoms with van der Waals surface area (Å²) in [7, 11) is 0. The molecule has 0 radical (unpaired) electrons. The molecule has 0 saturated carbocycles. The number of amides is 1. The van der Waals surface area contributed by atoms with Gasteiger partial charge in [-0.05, 0) is 99.0 Å². The summed E-state index contributed by atoms with van der Waals surface area (Å²) < 4.78 is 14.0. The smallest absolute Gasteiger partial charge is 0.266 e. The predicted octanol–water partition coefficient (Wildman–Crippen LogP) is 7.34. The molecule has 1 amide bonds. The Morgan fingerprint density at radius 2 is 1.88 bits per heavy atom.